The quantitative estimate of drug-likeness (QED) is 0.784. The lowest BCUT2D eigenvalue weighted by Gasteiger charge is -2.32. The number of aliphatic hydroxyl groups excluding tert-OH is 1. The van der Waals surface area contributed by atoms with Gasteiger partial charge >= 0.3 is 0 Å². The molecule has 0 saturated heterocycles. The largest absolute Gasteiger partial charge is 0.390 e. The third kappa shape index (κ3) is 2.60. The van der Waals surface area contributed by atoms with Crippen LogP contribution in [0.15, 0.2) is 0 Å². The molecule has 0 radical (unpaired) electrons. The van der Waals surface area contributed by atoms with Gasteiger partial charge in [-0.1, -0.05) is 33.6 Å². The van der Waals surface area contributed by atoms with Gasteiger partial charge in [-0.05, 0) is 37.0 Å². The summed E-state index contributed by atoms with van der Waals surface area (Å²) in [6.45, 7) is 6.60. The molecule has 2 aliphatic carbocycles. The second-order valence-electron chi connectivity index (χ2n) is 6.54. The van der Waals surface area contributed by atoms with Crippen molar-refractivity contribution >= 4 is 0 Å². The number of hydrogen-bond acceptors (Lipinski definition) is 2. The fourth-order valence-electron chi connectivity index (χ4n) is 3.21. The molecule has 94 valence electrons. The van der Waals surface area contributed by atoms with Crippen LogP contribution in [-0.2, 0) is 4.74 Å². The molecule has 2 fully saturated rings. The van der Waals surface area contributed by atoms with Crippen LogP contribution in [0.25, 0.3) is 0 Å². The van der Waals surface area contributed by atoms with Gasteiger partial charge in [-0.3, -0.25) is 0 Å². The van der Waals surface area contributed by atoms with E-state index < -0.39 is 0 Å². The van der Waals surface area contributed by atoms with E-state index >= 15 is 0 Å². The van der Waals surface area contributed by atoms with Crippen LogP contribution in [0.3, 0.4) is 0 Å². The first-order valence-electron chi connectivity index (χ1n) is 6.82. The molecule has 0 aliphatic heterocycles. The molecule has 0 aromatic carbocycles. The summed E-state index contributed by atoms with van der Waals surface area (Å²) in [4.78, 5) is 0. The first-order valence-corrected chi connectivity index (χ1v) is 6.82. The van der Waals surface area contributed by atoms with Crippen LogP contribution in [0.2, 0.25) is 0 Å². The fraction of sp³-hybridized carbons (Fsp3) is 1.00. The monoisotopic (exact) mass is 226 g/mol. The Kier molecular flexibility index (Phi) is 3.60. The SMILES string of the molecule is CC1CCCC(OC2CCC(C)(C)C2O)C1. The zero-order valence-electron chi connectivity index (χ0n) is 10.9. The summed E-state index contributed by atoms with van der Waals surface area (Å²) >= 11 is 0. The van der Waals surface area contributed by atoms with E-state index in [1.54, 1.807) is 0 Å². The average Bonchev–Trinajstić information content (AvgIpc) is 2.45. The molecule has 2 heteroatoms. The maximum atomic E-state index is 10.2. The van der Waals surface area contributed by atoms with E-state index in [0.717, 1.165) is 18.8 Å². The maximum Gasteiger partial charge on any atom is 0.0852 e. The number of ether oxygens (including phenoxy) is 1. The summed E-state index contributed by atoms with van der Waals surface area (Å²) < 4.78 is 6.12. The zero-order chi connectivity index (χ0) is 11.8. The molecule has 4 atom stereocenters. The Morgan fingerprint density at radius 2 is 1.94 bits per heavy atom. The van der Waals surface area contributed by atoms with Crippen LogP contribution in [0.5, 0.6) is 0 Å². The summed E-state index contributed by atoms with van der Waals surface area (Å²) in [7, 11) is 0. The highest BCUT2D eigenvalue weighted by Gasteiger charge is 2.42. The molecule has 16 heavy (non-hydrogen) atoms. The van der Waals surface area contributed by atoms with Crippen molar-refractivity contribution in [1.82, 2.24) is 0 Å². The lowest BCUT2D eigenvalue weighted by Crippen LogP contribution is -2.36. The molecule has 2 saturated carbocycles. The van der Waals surface area contributed by atoms with Gasteiger partial charge in [-0.25, -0.2) is 0 Å². The van der Waals surface area contributed by atoms with E-state index in [1.807, 2.05) is 0 Å². The predicted molar refractivity (Wildman–Crippen MR) is 65.3 cm³/mol. The lowest BCUT2D eigenvalue weighted by molar-refractivity contribution is -0.0965. The summed E-state index contributed by atoms with van der Waals surface area (Å²) in [6.07, 6.45) is 7.33. The third-order valence-electron chi connectivity index (χ3n) is 4.48. The normalized spacial score (nSPS) is 43.5. The van der Waals surface area contributed by atoms with Crippen LogP contribution in [0, 0.1) is 11.3 Å². The molecule has 2 nitrogen and oxygen atoms in total. The number of rotatable bonds is 2. The van der Waals surface area contributed by atoms with Gasteiger partial charge in [-0.15, -0.1) is 0 Å². The highest BCUT2D eigenvalue weighted by Crippen LogP contribution is 2.40. The summed E-state index contributed by atoms with van der Waals surface area (Å²) in [5.41, 5.74) is 0.0466. The molecule has 4 unspecified atom stereocenters. The van der Waals surface area contributed by atoms with Gasteiger partial charge in [0.25, 0.3) is 0 Å². The molecule has 2 aliphatic rings. The van der Waals surface area contributed by atoms with Gasteiger partial charge in [0.2, 0.25) is 0 Å². The Labute approximate surface area is 99.4 Å². The van der Waals surface area contributed by atoms with Crippen LogP contribution >= 0.6 is 0 Å². The van der Waals surface area contributed by atoms with Gasteiger partial charge in [0.15, 0.2) is 0 Å². The Hall–Kier alpha value is -0.0800. The minimum absolute atomic E-state index is 0.0466. The van der Waals surface area contributed by atoms with Crippen molar-refractivity contribution in [2.24, 2.45) is 11.3 Å². The van der Waals surface area contributed by atoms with Crippen LogP contribution < -0.4 is 0 Å². The molecular weight excluding hydrogens is 200 g/mol. The second kappa shape index (κ2) is 4.66. The summed E-state index contributed by atoms with van der Waals surface area (Å²) in [5, 5.41) is 10.2. The molecule has 0 heterocycles. The lowest BCUT2D eigenvalue weighted by atomic mass is 9.88. The molecule has 2 rings (SSSR count). The predicted octanol–water partition coefficient (Wildman–Crippen LogP) is 3.13. The molecule has 0 aromatic rings. The van der Waals surface area contributed by atoms with Gasteiger partial charge in [0.1, 0.15) is 0 Å². The first-order chi connectivity index (χ1) is 7.49. The Bertz CT molecular complexity index is 237. The van der Waals surface area contributed by atoms with Crippen molar-refractivity contribution in [1.29, 1.82) is 0 Å². The van der Waals surface area contributed by atoms with Crippen molar-refractivity contribution in [3.63, 3.8) is 0 Å². The van der Waals surface area contributed by atoms with Gasteiger partial charge in [0.05, 0.1) is 18.3 Å². The molecule has 1 N–H and O–H groups in total. The van der Waals surface area contributed by atoms with Crippen molar-refractivity contribution in [3.8, 4) is 0 Å². The van der Waals surface area contributed by atoms with E-state index in [4.69, 9.17) is 4.74 Å². The van der Waals surface area contributed by atoms with E-state index in [1.165, 1.54) is 25.7 Å². The molecule has 0 spiro atoms. The molecule has 0 bridgehead atoms. The van der Waals surface area contributed by atoms with Crippen molar-refractivity contribution < 1.29 is 9.84 Å². The third-order valence-corrected chi connectivity index (χ3v) is 4.48. The highest BCUT2D eigenvalue weighted by atomic mass is 16.5. The van der Waals surface area contributed by atoms with Crippen molar-refractivity contribution in [2.75, 3.05) is 0 Å². The molecular formula is C14H26O2. The Morgan fingerprint density at radius 3 is 2.50 bits per heavy atom. The van der Waals surface area contributed by atoms with E-state index in [-0.39, 0.29) is 17.6 Å². The minimum atomic E-state index is -0.273. The van der Waals surface area contributed by atoms with Gasteiger partial charge < -0.3 is 9.84 Å². The van der Waals surface area contributed by atoms with Crippen molar-refractivity contribution in [2.45, 2.75) is 77.6 Å². The van der Waals surface area contributed by atoms with Crippen molar-refractivity contribution in [3.05, 3.63) is 0 Å². The number of aliphatic hydroxyl groups is 1. The average molecular weight is 226 g/mol. The smallest absolute Gasteiger partial charge is 0.0852 e. The second-order valence-corrected chi connectivity index (χ2v) is 6.54. The molecule has 0 amide bonds. The minimum Gasteiger partial charge on any atom is -0.390 e. The Morgan fingerprint density at radius 1 is 1.19 bits per heavy atom. The number of hydrogen-bond donors (Lipinski definition) is 1. The van der Waals surface area contributed by atoms with E-state index in [0.29, 0.717) is 6.10 Å². The first kappa shape index (κ1) is 12.4. The zero-order valence-corrected chi connectivity index (χ0v) is 10.9. The van der Waals surface area contributed by atoms with Gasteiger partial charge in [0, 0.05) is 0 Å². The van der Waals surface area contributed by atoms with Crippen LogP contribution in [0.1, 0.15) is 59.3 Å². The van der Waals surface area contributed by atoms with E-state index in [2.05, 4.69) is 20.8 Å². The topological polar surface area (TPSA) is 29.5 Å². The standard InChI is InChI=1S/C14H26O2/c1-10-5-4-6-11(9-10)16-12-7-8-14(2,3)13(12)15/h10-13,15H,4-9H2,1-3H3. The summed E-state index contributed by atoms with van der Waals surface area (Å²) in [5.74, 6) is 0.797. The maximum absolute atomic E-state index is 10.2. The van der Waals surface area contributed by atoms with Crippen LogP contribution in [-0.4, -0.2) is 23.4 Å². The van der Waals surface area contributed by atoms with Crippen LogP contribution in [0.4, 0.5) is 0 Å². The summed E-state index contributed by atoms with van der Waals surface area (Å²) in [6, 6.07) is 0. The molecule has 0 aromatic heterocycles. The van der Waals surface area contributed by atoms with Gasteiger partial charge in [-0.2, -0.15) is 0 Å². The highest BCUT2D eigenvalue weighted by molar-refractivity contribution is 4.92. The fourth-order valence-corrected chi connectivity index (χ4v) is 3.21. The Balaban J connectivity index is 1.86. The van der Waals surface area contributed by atoms with E-state index in [9.17, 15) is 5.11 Å².